The van der Waals surface area contributed by atoms with Gasteiger partial charge in [0.05, 0.1) is 23.8 Å². The number of carbonyl (C=O) groups is 3. The lowest BCUT2D eigenvalue weighted by molar-refractivity contribution is -0.115. The van der Waals surface area contributed by atoms with E-state index in [4.69, 9.17) is 9.47 Å². The number of fused-ring (bicyclic) bond motifs is 1. The van der Waals surface area contributed by atoms with Gasteiger partial charge in [-0.25, -0.2) is 4.79 Å². The quantitative estimate of drug-likeness (QED) is 0.149. The SMILES string of the molecule is O=C(Cc1ccc(Oc2ccc(OC3CCC(NC(=O)c4ccc5ccccc5c4)CC3)cc2)cc1)Nc1ccccc1C(=O)O. The van der Waals surface area contributed by atoms with Crippen molar-refractivity contribution in [3.8, 4) is 17.2 Å². The van der Waals surface area contributed by atoms with Crippen LogP contribution < -0.4 is 20.1 Å². The zero-order valence-electron chi connectivity index (χ0n) is 25.1. The average molecular weight is 615 g/mol. The van der Waals surface area contributed by atoms with Crippen molar-refractivity contribution in [3.63, 3.8) is 0 Å². The van der Waals surface area contributed by atoms with E-state index in [0.717, 1.165) is 47.8 Å². The number of nitrogens with one attached hydrogen (secondary N) is 2. The van der Waals surface area contributed by atoms with E-state index in [0.29, 0.717) is 17.1 Å². The summed E-state index contributed by atoms with van der Waals surface area (Å²) >= 11 is 0. The molecular formula is C38H34N2O6. The number of carboxylic acid groups (broad SMARTS) is 1. The molecule has 0 aliphatic heterocycles. The summed E-state index contributed by atoms with van der Waals surface area (Å²) < 4.78 is 12.2. The van der Waals surface area contributed by atoms with Gasteiger partial charge in [0, 0.05) is 11.6 Å². The van der Waals surface area contributed by atoms with Crippen molar-refractivity contribution in [3.05, 3.63) is 132 Å². The van der Waals surface area contributed by atoms with Gasteiger partial charge in [-0.05, 0) is 103 Å². The Morgan fingerprint density at radius 3 is 2.04 bits per heavy atom. The van der Waals surface area contributed by atoms with Crippen LogP contribution in [-0.4, -0.2) is 35.0 Å². The average Bonchev–Trinajstić information content (AvgIpc) is 3.07. The van der Waals surface area contributed by atoms with Crippen LogP contribution in [0.1, 0.15) is 52.0 Å². The summed E-state index contributed by atoms with van der Waals surface area (Å²) in [6.45, 7) is 0. The standard InChI is InChI=1S/C38H34N2O6/c41-36(40-35-8-4-3-7-34(35)38(43)44)23-25-9-15-30(16-10-25)45-32-19-21-33(22-20-32)46-31-17-13-29(14-18-31)39-37(42)28-12-11-26-5-1-2-6-27(26)24-28/h1-12,15-16,19-22,24,29,31H,13-14,17-18,23H2,(H,39,42)(H,40,41)(H,43,44). The van der Waals surface area contributed by atoms with Crippen LogP contribution in [0.2, 0.25) is 0 Å². The van der Waals surface area contributed by atoms with Crippen molar-refractivity contribution in [1.82, 2.24) is 5.32 Å². The Balaban J connectivity index is 0.942. The monoisotopic (exact) mass is 614 g/mol. The lowest BCUT2D eigenvalue weighted by Gasteiger charge is -2.29. The summed E-state index contributed by atoms with van der Waals surface area (Å²) in [5.41, 5.74) is 1.76. The van der Waals surface area contributed by atoms with E-state index in [1.165, 1.54) is 6.07 Å². The molecule has 8 heteroatoms. The number of carbonyl (C=O) groups excluding carboxylic acids is 2. The van der Waals surface area contributed by atoms with Gasteiger partial charge >= 0.3 is 5.97 Å². The summed E-state index contributed by atoms with van der Waals surface area (Å²) in [6.07, 6.45) is 3.62. The third-order valence-electron chi connectivity index (χ3n) is 8.10. The minimum absolute atomic E-state index is 0.0370. The molecule has 0 atom stereocenters. The first kappa shape index (κ1) is 30.4. The number of amides is 2. The van der Waals surface area contributed by atoms with Crippen LogP contribution in [0.3, 0.4) is 0 Å². The van der Waals surface area contributed by atoms with Crippen molar-refractivity contribution in [2.75, 3.05) is 5.32 Å². The van der Waals surface area contributed by atoms with Crippen molar-refractivity contribution < 1.29 is 29.0 Å². The molecule has 3 N–H and O–H groups in total. The minimum atomic E-state index is -1.10. The fraction of sp³-hybridized carbons (Fsp3) is 0.184. The molecule has 8 nitrogen and oxygen atoms in total. The molecule has 46 heavy (non-hydrogen) atoms. The number of anilines is 1. The van der Waals surface area contributed by atoms with E-state index in [1.54, 1.807) is 42.5 Å². The molecule has 2 amide bonds. The molecule has 0 spiro atoms. The topological polar surface area (TPSA) is 114 Å². The minimum Gasteiger partial charge on any atom is -0.490 e. The molecule has 0 unspecified atom stereocenters. The smallest absolute Gasteiger partial charge is 0.337 e. The first-order valence-electron chi connectivity index (χ1n) is 15.3. The fourth-order valence-corrected chi connectivity index (χ4v) is 5.67. The molecule has 1 aliphatic rings. The van der Waals surface area contributed by atoms with Crippen LogP contribution in [-0.2, 0) is 11.2 Å². The molecular weight excluding hydrogens is 580 g/mol. The molecule has 0 aromatic heterocycles. The summed E-state index contributed by atoms with van der Waals surface area (Å²) in [4.78, 5) is 36.7. The molecule has 5 aromatic carbocycles. The second-order valence-electron chi connectivity index (χ2n) is 11.4. The van der Waals surface area contributed by atoms with Crippen molar-refractivity contribution in [2.45, 2.75) is 44.2 Å². The number of para-hydroxylation sites is 1. The van der Waals surface area contributed by atoms with Gasteiger partial charge in [-0.1, -0.05) is 54.6 Å². The van der Waals surface area contributed by atoms with Crippen molar-refractivity contribution >= 4 is 34.2 Å². The Kier molecular flexibility index (Phi) is 9.24. The number of ether oxygens (including phenoxy) is 2. The highest BCUT2D eigenvalue weighted by Gasteiger charge is 2.24. The van der Waals surface area contributed by atoms with Crippen molar-refractivity contribution in [2.24, 2.45) is 0 Å². The number of carboxylic acids is 1. The van der Waals surface area contributed by atoms with Gasteiger partial charge in [0.25, 0.3) is 5.91 Å². The van der Waals surface area contributed by atoms with Crippen LogP contribution in [0.15, 0.2) is 115 Å². The van der Waals surface area contributed by atoms with Crippen LogP contribution in [0.4, 0.5) is 5.69 Å². The Labute approximate surface area is 267 Å². The Morgan fingerprint density at radius 2 is 1.33 bits per heavy atom. The molecule has 5 aromatic rings. The van der Waals surface area contributed by atoms with E-state index >= 15 is 0 Å². The Hall–Kier alpha value is -5.63. The van der Waals surface area contributed by atoms with E-state index in [2.05, 4.69) is 10.6 Å². The Morgan fingerprint density at radius 1 is 0.696 bits per heavy atom. The maximum absolute atomic E-state index is 12.9. The Bertz CT molecular complexity index is 1840. The molecule has 6 rings (SSSR count). The molecule has 1 saturated carbocycles. The van der Waals surface area contributed by atoms with Gasteiger partial charge in [0.2, 0.25) is 5.91 Å². The van der Waals surface area contributed by atoms with Crippen LogP contribution >= 0.6 is 0 Å². The molecule has 0 heterocycles. The maximum Gasteiger partial charge on any atom is 0.337 e. The third kappa shape index (κ3) is 7.71. The number of benzene rings is 5. The van der Waals surface area contributed by atoms with E-state index in [9.17, 15) is 19.5 Å². The zero-order chi connectivity index (χ0) is 31.9. The van der Waals surface area contributed by atoms with Crippen LogP contribution in [0.25, 0.3) is 10.8 Å². The molecule has 0 radical (unpaired) electrons. The highest BCUT2D eigenvalue weighted by Crippen LogP contribution is 2.28. The van der Waals surface area contributed by atoms with E-state index in [-0.39, 0.29) is 41.6 Å². The molecule has 0 saturated heterocycles. The maximum atomic E-state index is 12.9. The normalized spacial score (nSPS) is 15.9. The van der Waals surface area contributed by atoms with Crippen molar-refractivity contribution in [1.29, 1.82) is 0 Å². The third-order valence-corrected chi connectivity index (χ3v) is 8.10. The number of aromatic carboxylic acids is 1. The van der Waals surface area contributed by atoms with Crippen LogP contribution in [0.5, 0.6) is 17.2 Å². The molecule has 1 aliphatic carbocycles. The van der Waals surface area contributed by atoms with Crippen LogP contribution in [0, 0.1) is 0 Å². The second-order valence-corrected chi connectivity index (χ2v) is 11.4. The van der Waals surface area contributed by atoms with Gasteiger partial charge < -0.3 is 25.2 Å². The predicted octanol–water partition coefficient (Wildman–Crippen LogP) is 7.63. The summed E-state index contributed by atoms with van der Waals surface area (Å²) in [6, 6.07) is 34.9. The highest BCUT2D eigenvalue weighted by molar-refractivity contribution is 6.01. The lowest BCUT2D eigenvalue weighted by Crippen LogP contribution is -2.39. The number of hydrogen-bond acceptors (Lipinski definition) is 5. The zero-order valence-corrected chi connectivity index (χ0v) is 25.1. The van der Waals surface area contributed by atoms with E-state index < -0.39 is 5.97 Å². The van der Waals surface area contributed by atoms with Gasteiger partial charge in [0.15, 0.2) is 0 Å². The molecule has 0 bridgehead atoms. The largest absolute Gasteiger partial charge is 0.490 e. The summed E-state index contributed by atoms with van der Waals surface area (Å²) in [7, 11) is 0. The number of rotatable bonds is 10. The first-order chi connectivity index (χ1) is 22.4. The predicted molar refractivity (Wildman–Crippen MR) is 177 cm³/mol. The highest BCUT2D eigenvalue weighted by atomic mass is 16.5. The first-order valence-corrected chi connectivity index (χ1v) is 15.3. The number of hydrogen-bond donors (Lipinski definition) is 3. The fourth-order valence-electron chi connectivity index (χ4n) is 5.67. The molecule has 232 valence electrons. The summed E-state index contributed by atoms with van der Waals surface area (Å²) in [5.74, 6) is 0.602. The second kappa shape index (κ2) is 14.0. The summed E-state index contributed by atoms with van der Waals surface area (Å²) in [5, 5.41) is 17.3. The van der Waals surface area contributed by atoms with Gasteiger partial charge in [-0.15, -0.1) is 0 Å². The van der Waals surface area contributed by atoms with Gasteiger partial charge in [-0.3, -0.25) is 9.59 Å². The van der Waals surface area contributed by atoms with Gasteiger partial charge in [0.1, 0.15) is 17.2 Å². The lowest BCUT2D eigenvalue weighted by atomic mass is 9.92. The van der Waals surface area contributed by atoms with Gasteiger partial charge in [-0.2, -0.15) is 0 Å². The van der Waals surface area contributed by atoms with E-state index in [1.807, 2.05) is 66.7 Å². The molecule has 1 fully saturated rings.